The standard InChI is InChI=1S/C33H32N2O3/c1-4-19-35(20-5-2)25-16-18-31-29(22-25)33(27-13-9-10-14-30(27)37-31)28-21-24(15-17-26(28)32(36)38-33)34(3)23-11-7-6-8-12-23/h6-18,21-22H,4-5,19-20H2,1-3H3. The Kier molecular flexibility index (Phi) is 6.07. The van der Waals surface area contributed by atoms with Gasteiger partial charge in [-0.15, -0.1) is 0 Å². The van der Waals surface area contributed by atoms with Crippen LogP contribution >= 0.6 is 0 Å². The molecule has 192 valence electrons. The monoisotopic (exact) mass is 504 g/mol. The summed E-state index contributed by atoms with van der Waals surface area (Å²) in [6, 6.07) is 30.4. The van der Waals surface area contributed by atoms with Crippen LogP contribution in [0.15, 0.2) is 91.0 Å². The van der Waals surface area contributed by atoms with Gasteiger partial charge in [-0.2, -0.15) is 0 Å². The highest BCUT2D eigenvalue weighted by Gasteiger charge is 2.53. The van der Waals surface area contributed by atoms with Crippen LogP contribution in [0, 0.1) is 0 Å². The Balaban J connectivity index is 1.57. The molecule has 0 saturated heterocycles. The van der Waals surface area contributed by atoms with Crippen molar-refractivity contribution in [2.45, 2.75) is 32.3 Å². The molecule has 0 radical (unpaired) electrons. The molecule has 0 amide bonds. The van der Waals surface area contributed by atoms with E-state index in [4.69, 9.17) is 9.47 Å². The van der Waals surface area contributed by atoms with Gasteiger partial charge in [-0.25, -0.2) is 4.79 Å². The molecule has 0 saturated carbocycles. The minimum atomic E-state index is -1.09. The normalized spacial score (nSPS) is 16.8. The lowest BCUT2D eigenvalue weighted by Gasteiger charge is -2.37. The number of hydrogen-bond acceptors (Lipinski definition) is 5. The Morgan fingerprint density at radius 3 is 2.11 bits per heavy atom. The van der Waals surface area contributed by atoms with Gasteiger partial charge >= 0.3 is 5.97 Å². The lowest BCUT2D eigenvalue weighted by atomic mass is 9.77. The maximum Gasteiger partial charge on any atom is 0.340 e. The van der Waals surface area contributed by atoms with Crippen LogP contribution in [0.25, 0.3) is 0 Å². The number of anilines is 3. The highest BCUT2D eigenvalue weighted by molar-refractivity contribution is 5.98. The Hall–Kier alpha value is -4.25. The molecule has 0 N–H and O–H groups in total. The number of esters is 1. The van der Waals surface area contributed by atoms with Crippen LogP contribution < -0.4 is 14.5 Å². The zero-order valence-electron chi connectivity index (χ0n) is 22.1. The molecule has 0 bridgehead atoms. The minimum absolute atomic E-state index is 0.319. The van der Waals surface area contributed by atoms with E-state index in [1.807, 2.05) is 67.7 Å². The average Bonchev–Trinajstić information content (AvgIpc) is 3.25. The lowest BCUT2D eigenvalue weighted by Crippen LogP contribution is -2.34. The van der Waals surface area contributed by atoms with Crippen LogP contribution in [0.3, 0.4) is 0 Å². The number of ether oxygens (including phenoxy) is 2. The van der Waals surface area contributed by atoms with E-state index in [1.54, 1.807) is 0 Å². The summed E-state index contributed by atoms with van der Waals surface area (Å²) < 4.78 is 12.8. The van der Waals surface area contributed by atoms with Gasteiger partial charge in [-0.05, 0) is 67.4 Å². The van der Waals surface area contributed by atoms with Gasteiger partial charge in [-0.1, -0.05) is 50.2 Å². The third-order valence-electron chi connectivity index (χ3n) is 7.56. The second-order valence-electron chi connectivity index (χ2n) is 9.96. The maximum absolute atomic E-state index is 13.4. The van der Waals surface area contributed by atoms with Crippen LogP contribution in [-0.2, 0) is 10.3 Å². The van der Waals surface area contributed by atoms with Crippen molar-refractivity contribution in [3.8, 4) is 11.5 Å². The molecule has 4 aromatic rings. The number of hydrogen-bond donors (Lipinski definition) is 0. The fraction of sp³-hybridized carbons (Fsp3) is 0.242. The highest BCUT2D eigenvalue weighted by atomic mass is 16.6. The third kappa shape index (κ3) is 3.73. The molecular formula is C33H32N2O3. The molecule has 1 spiro atoms. The van der Waals surface area contributed by atoms with Gasteiger partial charge in [0.25, 0.3) is 0 Å². The topological polar surface area (TPSA) is 42.0 Å². The van der Waals surface area contributed by atoms with E-state index in [1.165, 1.54) is 0 Å². The van der Waals surface area contributed by atoms with Crippen LogP contribution in [0.4, 0.5) is 17.1 Å². The summed E-state index contributed by atoms with van der Waals surface area (Å²) in [5, 5.41) is 0. The molecule has 2 aliphatic heterocycles. The number of para-hydroxylation sites is 2. The van der Waals surface area contributed by atoms with E-state index < -0.39 is 5.60 Å². The molecule has 0 fully saturated rings. The molecule has 5 heteroatoms. The van der Waals surface area contributed by atoms with E-state index in [0.717, 1.165) is 59.7 Å². The van der Waals surface area contributed by atoms with Crippen LogP contribution in [0.5, 0.6) is 11.5 Å². The minimum Gasteiger partial charge on any atom is -0.456 e. The van der Waals surface area contributed by atoms with Crippen molar-refractivity contribution in [3.05, 3.63) is 113 Å². The molecule has 1 unspecified atom stereocenters. The van der Waals surface area contributed by atoms with Crippen LogP contribution in [0.2, 0.25) is 0 Å². The molecule has 0 aliphatic carbocycles. The van der Waals surface area contributed by atoms with E-state index in [-0.39, 0.29) is 5.97 Å². The van der Waals surface area contributed by atoms with Gasteiger partial charge in [0, 0.05) is 53.9 Å². The maximum atomic E-state index is 13.4. The molecule has 6 rings (SSSR count). The van der Waals surface area contributed by atoms with E-state index in [2.05, 4.69) is 54.0 Å². The quantitative estimate of drug-likeness (QED) is 0.242. The zero-order valence-corrected chi connectivity index (χ0v) is 22.1. The van der Waals surface area contributed by atoms with Crippen molar-refractivity contribution in [3.63, 3.8) is 0 Å². The van der Waals surface area contributed by atoms with Gasteiger partial charge in [0.1, 0.15) is 11.5 Å². The molecule has 1 atom stereocenters. The van der Waals surface area contributed by atoms with Crippen LogP contribution in [0.1, 0.15) is 53.7 Å². The molecular weight excluding hydrogens is 472 g/mol. The van der Waals surface area contributed by atoms with Crippen molar-refractivity contribution in [2.75, 3.05) is 29.9 Å². The molecule has 38 heavy (non-hydrogen) atoms. The summed E-state index contributed by atoms with van der Waals surface area (Å²) in [6.45, 7) is 6.31. The Labute approximate surface area is 224 Å². The first kappa shape index (κ1) is 24.1. The summed E-state index contributed by atoms with van der Waals surface area (Å²) in [6.07, 6.45) is 2.10. The number of nitrogens with zero attached hydrogens (tertiary/aromatic N) is 2. The van der Waals surface area contributed by atoms with Gasteiger partial charge in [-0.3, -0.25) is 0 Å². The van der Waals surface area contributed by atoms with Gasteiger partial charge in [0.15, 0.2) is 5.60 Å². The molecule has 0 aromatic heterocycles. The zero-order chi connectivity index (χ0) is 26.3. The molecule has 5 nitrogen and oxygen atoms in total. The van der Waals surface area contributed by atoms with Crippen molar-refractivity contribution in [2.24, 2.45) is 0 Å². The number of fused-ring (bicyclic) bond motifs is 6. The van der Waals surface area contributed by atoms with E-state index >= 15 is 0 Å². The summed E-state index contributed by atoms with van der Waals surface area (Å²) in [4.78, 5) is 18.0. The predicted molar refractivity (Wildman–Crippen MR) is 152 cm³/mol. The molecule has 2 heterocycles. The van der Waals surface area contributed by atoms with Crippen molar-refractivity contribution in [1.29, 1.82) is 0 Å². The fourth-order valence-electron chi connectivity index (χ4n) is 5.76. The van der Waals surface area contributed by atoms with E-state index in [9.17, 15) is 4.79 Å². The summed E-state index contributed by atoms with van der Waals surface area (Å²) >= 11 is 0. The second-order valence-corrected chi connectivity index (χ2v) is 9.96. The highest BCUT2D eigenvalue weighted by Crippen LogP contribution is 2.57. The second kappa shape index (κ2) is 9.56. The number of carbonyl (C=O) groups is 1. The summed E-state index contributed by atoms with van der Waals surface area (Å²) in [5.41, 5.74) is 5.19. The smallest absolute Gasteiger partial charge is 0.340 e. The Bertz CT molecular complexity index is 1490. The van der Waals surface area contributed by atoms with Gasteiger partial charge in [0.05, 0.1) is 5.56 Å². The van der Waals surface area contributed by atoms with Crippen molar-refractivity contribution in [1.82, 2.24) is 0 Å². The van der Waals surface area contributed by atoms with Crippen LogP contribution in [-0.4, -0.2) is 26.1 Å². The average molecular weight is 505 g/mol. The fourth-order valence-corrected chi connectivity index (χ4v) is 5.76. The first-order chi connectivity index (χ1) is 18.6. The third-order valence-corrected chi connectivity index (χ3v) is 7.56. The first-order valence-electron chi connectivity index (χ1n) is 13.4. The lowest BCUT2D eigenvalue weighted by molar-refractivity contribution is 0.0224. The largest absolute Gasteiger partial charge is 0.456 e. The van der Waals surface area contributed by atoms with Gasteiger partial charge < -0.3 is 19.3 Å². The van der Waals surface area contributed by atoms with Crippen molar-refractivity contribution >= 4 is 23.0 Å². The number of carbonyl (C=O) groups excluding carboxylic acids is 1. The summed E-state index contributed by atoms with van der Waals surface area (Å²) in [5.74, 6) is 1.10. The number of rotatable bonds is 7. The summed E-state index contributed by atoms with van der Waals surface area (Å²) in [7, 11) is 2.04. The van der Waals surface area contributed by atoms with Crippen molar-refractivity contribution < 1.29 is 14.3 Å². The van der Waals surface area contributed by atoms with Gasteiger partial charge in [0.2, 0.25) is 0 Å². The Morgan fingerprint density at radius 1 is 0.684 bits per heavy atom. The predicted octanol–water partition coefficient (Wildman–Crippen LogP) is 7.65. The molecule has 4 aromatic carbocycles. The Morgan fingerprint density at radius 2 is 1.34 bits per heavy atom. The van der Waals surface area contributed by atoms with E-state index in [0.29, 0.717) is 17.1 Å². The first-order valence-corrected chi connectivity index (χ1v) is 13.4. The SMILES string of the molecule is CCCN(CCC)c1ccc2c(c1)C1(OC(=O)c3ccc(N(C)c4ccccc4)cc31)c1ccccc1O2. The number of benzene rings is 4. The molecule has 2 aliphatic rings.